The summed E-state index contributed by atoms with van der Waals surface area (Å²) in [6, 6.07) is 0. The molecule has 3 aliphatic rings. The molecule has 22 heavy (non-hydrogen) atoms. The van der Waals surface area contributed by atoms with Crippen LogP contribution in [0.2, 0.25) is 0 Å². The van der Waals surface area contributed by atoms with Gasteiger partial charge in [-0.1, -0.05) is 13.8 Å². The van der Waals surface area contributed by atoms with Crippen molar-refractivity contribution in [3.63, 3.8) is 0 Å². The van der Waals surface area contributed by atoms with Gasteiger partial charge in [0.05, 0.1) is 13.0 Å². The van der Waals surface area contributed by atoms with E-state index >= 15 is 0 Å². The number of esters is 1. The molecule has 0 aromatic rings. The molecule has 2 saturated carbocycles. The highest BCUT2D eigenvalue weighted by atomic mass is 16.5. The van der Waals surface area contributed by atoms with E-state index in [0.29, 0.717) is 44.7 Å². The van der Waals surface area contributed by atoms with Crippen LogP contribution in [0.5, 0.6) is 0 Å². The first-order valence-electron chi connectivity index (χ1n) is 8.25. The fourth-order valence-electron chi connectivity index (χ4n) is 4.93. The lowest BCUT2D eigenvalue weighted by Gasteiger charge is -2.41. The summed E-state index contributed by atoms with van der Waals surface area (Å²) in [7, 11) is 1.40. The number of ether oxygens (including phenoxy) is 1. The van der Waals surface area contributed by atoms with Crippen molar-refractivity contribution in [3.8, 4) is 0 Å². The number of hydrogen-bond donors (Lipinski definition) is 0. The average Bonchev–Trinajstić information content (AvgIpc) is 2.88. The van der Waals surface area contributed by atoms with E-state index in [-0.39, 0.29) is 29.0 Å². The molecule has 3 rings (SSSR count). The SMILES string of the molecule is COC(=O)C1CCN(C(=O)C23CCC(CC2=O)C3(C)C)CC1. The topological polar surface area (TPSA) is 63.7 Å². The Hall–Kier alpha value is -1.39. The van der Waals surface area contributed by atoms with Gasteiger partial charge in [-0.15, -0.1) is 0 Å². The Kier molecular flexibility index (Phi) is 3.57. The van der Waals surface area contributed by atoms with Crippen molar-refractivity contribution in [2.75, 3.05) is 20.2 Å². The van der Waals surface area contributed by atoms with E-state index in [9.17, 15) is 14.4 Å². The van der Waals surface area contributed by atoms with E-state index in [4.69, 9.17) is 4.74 Å². The number of piperidine rings is 1. The molecule has 2 bridgehead atoms. The number of methoxy groups -OCH3 is 1. The molecule has 0 spiro atoms. The molecule has 2 atom stereocenters. The van der Waals surface area contributed by atoms with Gasteiger partial charge < -0.3 is 9.64 Å². The average molecular weight is 307 g/mol. The monoisotopic (exact) mass is 307 g/mol. The molecule has 0 aromatic heterocycles. The summed E-state index contributed by atoms with van der Waals surface area (Å²) in [5, 5.41) is 0. The highest BCUT2D eigenvalue weighted by molar-refractivity contribution is 6.09. The van der Waals surface area contributed by atoms with Crippen LogP contribution >= 0.6 is 0 Å². The molecule has 0 radical (unpaired) electrons. The van der Waals surface area contributed by atoms with Crippen molar-refractivity contribution in [1.29, 1.82) is 0 Å². The van der Waals surface area contributed by atoms with Crippen LogP contribution in [0, 0.1) is 22.7 Å². The quantitative estimate of drug-likeness (QED) is 0.576. The molecule has 2 unspecified atom stereocenters. The third kappa shape index (κ3) is 1.87. The van der Waals surface area contributed by atoms with Gasteiger partial charge in [0, 0.05) is 19.5 Å². The largest absolute Gasteiger partial charge is 0.469 e. The van der Waals surface area contributed by atoms with Gasteiger partial charge in [-0.3, -0.25) is 14.4 Å². The second-order valence-electron chi connectivity index (χ2n) is 7.58. The van der Waals surface area contributed by atoms with Crippen LogP contribution < -0.4 is 0 Å². The van der Waals surface area contributed by atoms with Gasteiger partial charge in [0.2, 0.25) is 5.91 Å². The Balaban J connectivity index is 1.75. The van der Waals surface area contributed by atoms with E-state index in [1.54, 1.807) is 0 Å². The Morgan fingerprint density at radius 1 is 1.18 bits per heavy atom. The number of likely N-dealkylation sites (tertiary alicyclic amines) is 1. The summed E-state index contributed by atoms with van der Waals surface area (Å²) < 4.78 is 4.79. The maximum atomic E-state index is 13.1. The zero-order valence-electron chi connectivity index (χ0n) is 13.7. The van der Waals surface area contributed by atoms with Gasteiger partial charge in [0.25, 0.3) is 0 Å². The maximum absolute atomic E-state index is 13.1. The van der Waals surface area contributed by atoms with Gasteiger partial charge in [-0.25, -0.2) is 0 Å². The summed E-state index contributed by atoms with van der Waals surface area (Å²) in [6.45, 7) is 5.26. The molecule has 1 saturated heterocycles. The summed E-state index contributed by atoms with van der Waals surface area (Å²) >= 11 is 0. The minimum Gasteiger partial charge on any atom is -0.469 e. The molecule has 5 nitrogen and oxygen atoms in total. The van der Waals surface area contributed by atoms with Crippen LogP contribution in [-0.4, -0.2) is 42.8 Å². The minimum absolute atomic E-state index is 0.00539. The Bertz CT molecular complexity index is 519. The Labute approximate surface area is 131 Å². The molecule has 1 amide bonds. The number of carbonyl (C=O) groups excluding carboxylic acids is 3. The second-order valence-corrected chi connectivity index (χ2v) is 7.58. The van der Waals surface area contributed by atoms with Gasteiger partial charge >= 0.3 is 5.97 Å². The van der Waals surface area contributed by atoms with Gasteiger partial charge in [0.15, 0.2) is 0 Å². The van der Waals surface area contributed by atoms with E-state index in [2.05, 4.69) is 13.8 Å². The lowest BCUT2D eigenvalue weighted by Crippen LogP contribution is -2.53. The standard InChI is InChI=1S/C17H25NO4/c1-16(2)12-4-7-17(16,13(19)10-12)15(21)18-8-5-11(6-9-18)14(20)22-3/h11-12H,4-10H2,1-3H3. The number of amides is 1. The van der Waals surface area contributed by atoms with Gasteiger partial charge in [-0.2, -0.15) is 0 Å². The number of fused-ring (bicyclic) bond motifs is 2. The number of rotatable bonds is 2. The van der Waals surface area contributed by atoms with Crippen molar-refractivity contribution in [2.24, 2.45) is 22.7 Å². The molecule has 3 fully saturated rings. The lowest BCUT2D eigenvalue weighted by molar-refractivity contribution is -0.157. The van der Waals surface area contributed by atoms with Crippen LogP contribution in [0.4, 0.5) is 0 Å². The van der Waals surface area contributed by atoms with Crippen molar-refractivity contribution in [3.05, 3.63) is 0 Å². The predicted octanol–water partition coefficient (Wildman–Crippen LogP) is 1.79. The van der Waals surface area contributed by atoms with E-state index in [1.165, 1.54) is 7.11 Å². The summed E-state index contributed by atoms with van der Waals surface area (Å²) in [5.74, 6) is 0.176. The molecule has 2 aliphatic carbocycles. The van der Waals surface area contributed by atoms with Crippen LogP contribution in [-0.2, 0) is 19.1 Å². The van der Waals surface area contributed by atoms with Crippen molar-refractivity contribution < 1.29 is 19.1 Å². The molecule has 0 N–H and O–H groups in total. The summed E-state index contributed by atoms with van der Waals surface area (Å²) in [6.07, 6.45) is 3.48. The summed E-state index contributed by atoms with van der Waals surface area (Å²) in [4.78, 5) is 39.1. The van der Waals surface area contributed by atoms with Gasteiger partial charge in [0.1, 0.15) is 11.2 Å². The maximum Gasteiger partial charge on any atom is 0.308 e. The molecule has 1 aliphatic heterocycles. The van der Waals surface area contributed by atoms with Gasteiger partial charge in [-0.05, 0) is 37.0 Å². The van der Waals surface area contributed by atoms with Crippen LogP contribution in [0.15, 0.2) is 0 Å². The van der Waals surface area contributed by atoms with E-state index in [0.717, 1.165) is 6.42 Å². The predicted molar refractivity (Wildman–Crippen MR) is 79.9 cm³/mol. The van der Waals surface area contributed by atoms with Crippen LogP contribution in [0.1, 0.15) is 46.0 Å². The van der Waals surface area contributed by atoms with Crippen molar-refractivity contribution >= 4 is 17.7 Å². The number of ketones is 1. The lowest BCUT2D eigenvalue weighted by atomic mass is 9.67. The van der Waals surface area contributed by atoms with Crippen molar-refractivity contribution in [1.82, 2.24) is 4.90 Å². The Morgan fingerprint density at radius 3 is 2.27 bits per heavy atom. The molecular weight excluding hydrogens is 282 g/mol. The molecular formula is C17H25NO4. The smallest absolute Gasteiger partial charge is 0.308 e. The van der Waals surface area contributed by atoms with E-state index in [1.807, 2.05) is 4.90 Å². The highest BCUT2D eigenvalue weighted by Crippen LogP contribution is 2.64. The first-order valence-corrected chi connectivity index (χ1v) is 8.25. The number of nitrogens with zero attached hydrogens (tertiary/aromatic N) is 1. The zero-order valence-corrected chi connectivity index (χ0v) is 13.7. The second kappa shape index (κ2) is 5.07. The number of Topliss-reactive ketones (excluding diaryl/α,β-unsaturated/α-hetero) is 1. The Morgan fingerprint density at radius 2 is 1.82 bits per heavy atom. The number of hydrogen-bond acceptors (Lipinski definition) is 4. The van der Waals surface area contributed by atoms with Crippen LogP contribution in [0.3, 0.4) is 0 Å². The number of carbonyl (C=O) groups is 3. The third-order valence-corrected chi connectivity index (χ3v) is 6.58. The minimum atomic E-state index is -0.810. The first kappa shape index (κ1) is 15.5. The first-order chi connectivity index (χ1) is 10.3. The fraction of sp³-hybridized carbons (Fsp3) is 0.824. The highest BCUT2D eigenvalue weighted by Gasteiger charge is 2.68. The molecule has 0 aromatic carbocycles. The fourth-order valence-corrected chi connectivity index (χ4v) is 4.93. The molecule has 5 heteroatoms. The van der Waals surface area contributed by atoms with E-state index < -0.39 is 5.41 Å². The van der Waals surface area contributed by atoms with Crippen molar-refractivity contribution in [2.45, 2.75) is 46.0 Å². The van der Waals surface area contributed by atoms with Crippen LogP contribution in [0.25, 0.3) is 0 Å². The zero-order chi connectivity index (χ0) is 16.1. The normalized spacial score (nSPS) is 34.0. The molecule has 122 valence electrons. The molecule has 1 heterocycles. The summed E-state index contributed by atoms with van der Waals surface area (Å²) in [5.41, 5.74) is -1.05. The third-order valence-electron chi connectivity index (χ3n) is 6.58.